The summed E-state index contributed by atoms with van der Waals surface area (Å²) in [6, 6.07) is 18.3. The van der Waals surface area contributed by atoms with Crippen molar-refractivity contribution < 1.29 is 9.53 Å². The highest BCUT2D eigenvalue weighted by Gasteiger charge is 2.14. The van der Waals surface area contributed by atoms with E-state index in [0.717, 1.165) is 16.8 Å². The number of hydrogen-bond donors (Lipinski definition) is 1. The summed E-state index contributed by atoms with van der Waals surface area (Å²) in [4.78, 5) is 21.0. The highest BCUT2D eigenvalue weighted by molar-refractivity contribution is 6.05. The van der Waals surface area contributed by atoms with Crippen LogP contribution in [-0.4, -0.2) is 42.3 Å². The number of aromatic nitrogens is 6. The molecular formula is C24H19N7O2. The van der Waals surface area contributed by atoms with Crippen LogP contribution in [0.5, 0.6) is 5.88 Å². The quantitative estimate of drug-likeness (QED) is 0.429. The molecule has 0 atom stereocenters. The number of amides is 1. The van der Waals surface area contributed by atoms with E-state index < -0.39 is 0 Å². The maximum Gasteiger partial charge on any atom is 0.261 e. The molecule has 0 bridgehead atoms. The number of benzene rings is 1. The van der Waals surface area contributed by atoms with Gasteiger partial charge in [-0.15, -0.1) is 10.2 Å². The van der Waals surface area contributed by atoms with Crippen molar-refractivity contribution in [3.8, 4) is 28.5 Å². The second-order valence-electron chi connectivity index (χ2n) is 7.07. The molecule has 4 heterocycles. The number of carbonyl (C=O) groups excluding carboxylic acids is 1. The van der Waals surface area contributed by atoms with Gasteiger partial charge in [0.1, 0.15) is 5.56 Å². The van der Waals surface area contributed by atoms with Gasteiger partial charge in [-0.2, -0.15) is 9.61 Å². The molecule has 0 aliphatic heterocycles. The van der Waals surface area contributed by atoms with Gasteiger partial charge in [0.05, 0.1) is 12.3 Å². The topological polar surface area (TPSA) is 107 Å². The Hall–Kier alpha value is -4.66. The molecule has 0 radical (unpaired) electrons. The van der Waals surface area contributed by atoms with Crippen LogP contribution in [0.4, 0.5) is 5.69 Å². The lowest BCUT2D eigenvalue weighted by atomic mass is 10.1. The standard InChI is InChI=1S/C24H19N7O2/c1-2-33-24-19(6-4-14-26-24)23(32)27-18-9-7-16(8-10-18)20-11-12-21-28-29-22(31(21)30-20)17-5-3-13-25-15-17/h3-15H,2H2,1H3,(H,27,32). The fourth-order valence-corrected chi connectivity index (χ4v) is 3.36. The van der Waals surface area contributed by atoms with Gasteiger partial charge in [-0.05, 0) is 55.5 Å². The van der Waals surface area contributed by atoms with Crippen molar-refractivity contribution in [1.82, 2.24) is 29.8 Å². The number of pyridine rings is 2. The van der Waals surface area contributed by atoms with Crippen LogP contribution in [0.25, 0.3) is 28.3 Å². The fraction of sp³-hybridized carbons (Fsp3) is 0.0833. The highest BCUT2D eigenvalue weighted by Crippen LogP contribution is 2.23. The van der Waals surface area contributed by atoms with Crippen molar-refractivity contribution in [3.63, 3.8) is 0 Å². The molecule has 33 heavy (non-hydrogen) atoms. The lowest BCUT2D eigenvalue weighted by Crippen LogP contribution is -2.14. The Morgan fingerprint density at radius 1 is 0.970 bits per heavy atom. The van der Waals surface area contributed by atoms with Crippen molar-refractivity contribution in [2.24, 2.45) is 0 Å². The number of fused-ring (bicyclic) bond motifs is 1. The molecule has 9 heteroatoms. The summed E-state index contributed by atoms with van der Waals surface area (Å²) < 4.78 is 7.14. The van der Waals surface area contributed by atoms with Crippen molar-refractivity contribution in [1.29, 1.82) is 0 Å². The molecule has 1 aromatic carbocycles. The van der Waals surface area contributed by atoms with E-state index in [-0.39, 0.29) is 5.91 Å². The summed E-state index contributed by atoms with van der Waals surface area (Å²) >= 11 is 0. The van der Waals surface area contributed by atoms with E-state index in [9.17, 15) is 4.79 Å². The molecule has 0 fully saturated rings. The Morgan fingerprint density at radius 3 is 2.61 bits per heavy atom. The maximum atomic E-state index is 12.7. The highest BCUT2D eigenvalue weighted by atomic mass is 16.5. The summed E-state index contributed by atoms with van der Waals surface area (Å²) in [5.41, 5.74) is 4.13. The van der Waals surface area contributed by atoms with Gasteiger partial charge in [-0.3, -0.25) is 9.78 Å². The van der Waals surface area contributed by atoms with Gasteiger partial charge in [0, 0.05) is 35.4 Å². The van der Waals surface area contributed by atoms with E-state index >= 15 is 0 Å². The van der Waals surface area contributed by atoms with E-state index in [1.165, 1.54) is 0 Å². The Labute approximate surface area is 189 Å². The molecule has 4 aromatic heterocycles. The van der Waals surface area contributed by atoms with Gasteiger partial charge in [0.2, 0.25) is 5.88 Å². The van der Waals surface area contributed by atoms with E-state index in [2.05, 4.69) is 25.5 Å². The summed E-state index contributed by atoms with van der Waals surface area (Å²) in [5, 5.41) is 16.0. The first kappa shape index (κ1) is 20.3. The zero-order valence-corrected chi connectivity index (χ0v) is 17.7. The molecule has 0 aliphatic carbocycles. The van der Waals surface area contributed by atoms with Crippen molar-refractivity contribution >= 4 is 17.2 Å². The monoisotopic (exact) mass is 437 g/mol. The van der Waals surface area contributed by atoms with E-state index in [1.54, 1.807) is 35.2 Å². The third-order valence-electron chi connectivity index (χ3n) is 4.92. The van der Waals surface area contributed by atoms with Crippen LogP contribution in [-0.2, 0) is 0 Å². The van der Waals surface area contributed by atoms with Gasteiger partial charge in [0.25, 0.3) is 5.91 Å². The number of ether oxygens (including phenoxy) is 1. The zero-order valence-electron chi connectivity index (χ0n) is 17.7. The number of nitrogens with one attached hydrogen (secondary N) is 1. The lowest BCUT2D eigenvalue weighted by Gasteiger charge is -2.10. The van der Waals surface area contributed by atoms with Crippen LogP contribution in [0.2, 0.25) is 0 Å². The molecule has 0 saturated carbocycles. The molecule has 0 saturated heterocycles. The summed E-state index contributed by atoms with van der Waals surface area (Å²) in [6.45, 7) is 2.28. The average Bonchev–Trinajstić information content (AvgIpc) is 3.29. The molecule has 9 nitrogen and oxygen atoms in total. The molecular weight excluding hydrogens is 418 g/mol. The van der Waals surface area contributed by atoms with Crippen LogP contribution in [0.15, 0.2) is 79.3 Å². The van der Waals surface area contributed by atoms with Crippen molar-refractivity contribution in [2.45, 2.75) is 6.92 Å². The van der Waals surface area contributed by atoms with Crippen LogP contribution in [0.1, 0.15) is 17.3 Å². The van der Waals surface area contributed by atoms with Crippen LogP contribution >= 0.6 is 0 Å². The first-order chi connectivity index (χ1) is 16.2. The summed E-state index contributed by atoms with van der Waals surface area (Å²) in [6.07, 6.45) is 5.02. The molecule has 162 valence electrons. The smallest absolute Gasteiger partial charge is 0.261 e. The first-order valence-corrected chi connectivity index (χ1v) is 10.4. The zero-order chi connectivity index (χ0) is 22.6. The number of nitrogens with zero attached hydrogens (tertiary/aromatic N) is 6. The third kappa shape index (κ3) is 4.11. The summed E-state index contributed by atoms with van der Waals surface area (Å²) in [5.74, 6) is 0.639. The minimum atomic E-state index is -0.288. The third-order valence-corrected chi connectivity index (χ3v) is 4.92. The Kier molecular flexibility index (Phi) is 5.42. The Morgan fingerprint density at radius 2 is 1.82 bits per heavy atom. The minimum Gasteiger partial charge on any atom is -0.477 e. The molecule has 1 N–H and O–H groups in total. The molecule has 0 spiro atoms. The SMILES string of the molecule is CCOc1ncccc1C(=O)Nc1ccc(-c2ccc3nnc(-c4cccnc4)n3n2)cc1. The maximum absolute atomic E-state index is 12.7. The van der Waals surface area contributed by atoms with Crippen LogP contribution < -0.4 is 10.1 Å². The summed E-state index contributed by atoms with van der Waals surface area (Å²) in [7, 11) is 0. The molecule has 1 amide bonds. The van der Waals surface area contributed by atoms with Gasteiger partial charge in [-0.1, -0.05) is 12.1 Å². The molecule has 5 rings (SSSR count). The van der Waals surface area contributed by atoms with E-state index in [1.807, 2.05) is 55.5 Å². The first-order valence-electron chi connectivity index (χ1n) is 10.4. The van der Waals surface area contributed by atoms with Crippen molar-refractivity contribution in [2.75, 3.05) is 11.9 Å². The van der Waals surface area contributed by atoms with E-state index in [4.69, 9.17) is 9.84 Å². The molecule has 5 aromatic rings. The molecule has 0 unspecified atom stereocenters. The predicted octanol–water partition coefficient (Wildman–Crippen LogP) is 3.90. The normalized spacial score (nSPS) is 10.8. The minimum absolute atomic E-state index is 0.288. The second kappa shape index (κ2) is 8.83. The average molecular weight is 437 g/mol. The molecule has 0 aliphatic rings. The van der Waals surface area contributed by atoms with Gasteiger partial charge < -0.3 is 10.1 Å². The largest absolute Gasteiger partial charge is 0.477 e. The fourth-order valence-electron chi connectivity index (χ4n) is 3.36. The Bertz CT molecular complexity index is 1420. The number of hydrogen-bond acceptors (Lipinski definition) is 7. The predicted molar refractivity (Wildman–Crippen MR) is 123 cm³/mol. The van der Waals surface area contributed by atoms with Crippen LogP contribution in [0.3, 0.4) is 0 Å². The van der Waals surface area contributed by atoms with Gasteiger partial charge >= 0.3 is 0 Å². The van der Waals surface area contributed by atoms with Gasteiger partial charge in [0.15, 0.2) is 11.5 Å². The number of rotatable bonds is 6. The Balaban J connectivity index is 1.39. The second-order valence-corrected chi connectivity index (χ2v) is 7.07. The van der Waals surface area contributed by atoms with Crippen LogP contribution in [0, 0.1) is 0 Å². The van der Waals surface area contributed by atoms with Gasteiger partial charge in [-0.25, -0.2) is 4.98 Å². The number of anilines is 1. The lowest BCUT2D eigenvalue weighted by molar-refractivity contribution is 0.102. The van der Waals surface area contributed by atoms with E-state index in [0.29, 0.717) is 35.2 Å². The van der Waals surface area contributed by atoms with Crippen molar-refractivity contribution in [3.05, 3.63) is 84.8 Å². The number of carbonyl (C=O) groups is 1.